The lowest BCUT2D eigenvalue weighted by atomic mass is 10.1. The van der Waals surface area contributed by atoms with Gasteiger partial charge in [-0.2, -0.15) is 0 Å². The fourth-order valence-electron chi connectivity index (χ4n) is 2.40. The number of halogens is 1. The molecule has 0 unspecified atom stereocenters. The molecule has 1 saturated heterocycles. The van der Waals surface area contributed by atoms with Gasteiger partial charge in [-0.15, -0.1) is 11.8 Å². The van der Waals surface area contributed by atoms with Crippen LogP contribution >= 0.6 is 23.4 Å². The summed E-state index contributed by atoms with van der Waals surface area (Å²) in [6.07, 6.45) is -3.48. The Kier molecular flexibility index (Phi) is 4.57. The highest BCUT2D eigenvalue weighted by Crippen LogP contribution is 2.31. The van der Waals surface area contributed by atoms with Crippen molar-refractivity contribution in [1.82, 2.24) is 0 Å². The second-order valence-electron chi connectivity index (χ2n) is 5.35. The van der Waals surface area contributed by atoms with Crippen molar-refractivity contribution >= 4 is 34.3 Å². The van der Waals surface area contributed by atoms with E-state index in [1.165, 1.54) is 17.8 Å². The van der Waals surface area contributed by atoms with E-state index in [1.54, 1.807) is 19.1 Å². The number of benzene rings is 1. The van der Waals surface area contributed by atoms with Gasteiger partial charge in [-0.05, 0) is 24.6 Å². The Morgan fingerprint density at radius 2 is 2.04 bits per heavy atom. The van der Waals surface area contributed by atoms with Crippen LogP contribution < -0.4 is 10.4 Å². The second kappa shape index (κ2) is 6.33. The van der Waals surface area contributed by atoms with Crippen LogP contribution in [0.25, 0.3) is 11.0 Å². The zero-order valence-electron chi connectivity index (χ0n) is 12.1. The van der Waals surface area contributed by atoms with Gasteiger partial charge in [-0.1, -0.05) is 11.6 Å². The number of fused-ring (bicyclic) bond motifs is 1. The molecule has 23 heavy (non-hydrogen) atoms. The SMILES string of the molecule is Cc1c(Cl)c(=O)oc2cc(O[C@H]3SC[C@@H](O)[C@H](O)[C@H]3O)ccc12. The molecule has 2 aromatic rings. The van der Waals surface area contributed by atoms with Crippen molar-refractivity contribution < 1.29 is 24.5 Å². The van der Waals surface area contributed by atoms with Crippen LogP contribution in [0.15, 0.2) is 27.4 Å². The Labute approximate surface area is 140 Å². The van der Waals surface area contributed by atoms with E-state index in [0.29, 0.717) is 22.3 Å². The first kappa shape index (κ1) is 16.6. The highest BCUT2D eigenvalue weighted by molar-refractivity contribution is 7.99. The molecule has 6 nitrogen and oxygen atoms in total. The van der Waals surface area contributed by atoms with Gasteiger partial charge in [-0.3, -0.25) is 0 Å². The monoisotopic (exact) mass is 358 g/mol. The first-order chi connectivity index (χ1) is 10.9. The predicted octanol–water partition coefficient (Wildman–Crippen LogP) is 1.29. The van der Waals surface area contributed by atoms with Crippen LogP contribution in [0.3, 0.4) is 0 Å². The molecule has 1 fully saturated rings. The second-order valence-corrected chi connectivity index (χ2v) is 6.86. The van der Waals surface area contributed by atoms with Crippen molar-refractivity contribution in [2.75, 3.05) is 5.75 Å². The van der Waals surface area contributed by atoms with E-state index in [0.717, 1.165) is 0 Å². The molecule has 3 N–H and O–H groups in total. The molecule has 1 aliphatic heterocycles. The van der Waals surface area contributed by atoms with Gasteiger partial charge in [-0.25, -0.2) is 4.79 Å². The minimum absolute atomic E-state index is 0.0431. The normalized spacial score (nSPS) is 28.0. The van der Waals surface area contributed by atoms with Gasteiger partial charge in [0, 0.05) is 17.2 Å². The average Bonchev–Trinajstić information content (AvgIpc) is 2.53. The van der Waals surface area contributed by atoms with Crippen molar-refractivity contribution in [2.24, 2.45) is 0 Å². The van der Waals surface area contributed by atoms with Crippen molar-refractivity contribution in [2.45, 2.75) is 30.7 Å². The molecule has 4 atom stereocenters. The number of aliphatic hydroxyl groups excluding tert-OH is 3. The maximum Gasteiger partial charge on any atom is 0.355 e. The van der Waals surface area contributed by atoms with Crippen LogP contribution in [0.1, 0.15) is 5.56 Å². The zero-order valence-corrected chi connectivity index (χ0v) is 13.7. The van der Waals surface area contributed by atoms with Crippen LogP contribution in [0.4, 0.5) is 0 Å². The highest BCUT2D eigenvalue weighted by Gasteiger charge is 2.38. The average molecular weight is 359 g/mol. The lowest BCUT2D eigenvalue weighted by molar-refractivity contribution is -0.0786. The van der Waals surface area contributed by atoms with Crippen molar-refractivity contribution in [1.29, 1.82) is 0 Å². The summed E-state index contributed by atoms with van der Waals surface area (Å²) in [4.78, 5) is 11.6. The summed E-state index contributed by atoms with van der Waals surface area (Å²) in [6, 6.07) is 4.90. The molecule has 0 radical (unpaired) electrons. The van der Waals surface area contributed by atoms with Gasteiger partial charge in [0.05, 0.1) is 6.10 Å². The number of aryl methyl sites for hydroxylation is 1. The molecular weight excluding hydrogens is 344 g/mol. The summed E-state index contributed by atoms with van der Waals surface area (Å²) < 4.78 is 10.8. The summed E-state index contributed by atoms with van der Waals surface area (Å²) >= 11 is 7.07. The van der Waals surface area contributed by atoms with Gasteiger partial charge < -0.3 is 24.5 Å². The molecule has 0 spiro atoms. The fourth-order valence-corrected chi connectivity index (χ4v) is 3.67. The number of hydrogen-bond acceptors (Lipinski definition) is 7. The Morgan fingerprint density at radius 1 is 1.30 bits per heavy atom. The number of thioether (sulfide) groups is 1. The molecule has 1 aliphatic rings. The third kappa shape index (κ3) is 3.07. The highest BCUT2D eigenvalue weighted by atomic mass is 35.5. The Balaban J connectivity index is 1.90. The van der Waals surface area contributed by atoms with Crippen LogP contribution in [-0.4, -0.2) is 44.8 Å². The first-order valence-electron chi connectivity index (χ1n) is 6.94. The lowest BCUT2D eigenvalue weighted by Crippen LogP contribution is -2.50. The molecule has 1 aromatic heterocycles. The van der Waals surface area contributed by atoms with Crippen LogP contribution in [0.2, 0.25) is 5.02 Å². The predicted molar refractivity (Wildman–Crippen MR) is 87.1 cm³/mol. The van der Waals surface area contributed by atoms with Gasteiger partial charge in [0.15, 0.2) is 5.44 Å². The molecule has 1 aromatic carbocycles. The van der Waals surface area contributed by atoms with Crippen LogP contribution in [0.5, 0.6) is 5.75 Å². The smallest absolute Gasteiger partial charge is 0.355 e. The van der Waals surface area contributed by atoms with Crippen LogP contribution in [0, 0.1) is 6.92 Å². The Hall–Kier alpha value is -1.25. The third-order valence-electron chi connectivity index (χ3n) is 3.77. The summed E-state index contributed by atoms with van der Waals surface area (Å²) in [5.74, 6) is 0.628. The van der Waals surface area contributed by atoms with E-state index in [9.17, 15) is 20.1 Å². The van der Waals surface area contributed by atoms with E-state index >= 15 is 0 Å². The van der Waals surface area contributed by atoms with Crippen molar-refractivity contribution in [3.63, 3.8) is 0 Å². The van der Waals surface area contributed by atoms with E-state index in [-0.39, 0.29) is 10.8 Å². The quantitative estimate of drug-likeness (QED) is 0.695. The third-order valence-corrected chi connectivity index (χ3v) is 5.45. The van der Waals surface area contributed by atoms with Crippen molar-refractivity contribution in [3.05, 3.63) is 39.2 Å². The van der Waals surface area contributed by atoms with Gasteiger partial charge in [0.2, 0.25) is 0 Å². The molecule has 0 bridgehead atoms. The topological polar surface area (TPSA) is 100 Å². The summed E-state index contributed by atoms with van der Waals surface area (Å²) in [6.45, 7) is 1.72. The number of ether oxygens (including phenoxy) is 1. The Morgan fingerprint density at radius 3 is 2.78 bits per heavy atom. The summed E-state index contributed by atoms with van der Waals surface area (Å²) in [5, 5.41) is 29.9. The molecule has 2 heterocycles. The molecule has 8 heteroatoms. The first-order valence-corrected chi connectivity index (χ1v) is 8.36. The van der Waals surface area contributed by atoms with E-state index in [4.69, 9.17) is 20.8 Å². The van der Waals surface area contributed by atoms with Gasteiger partial charge >= 0.3 is 5.63 Å². The molecular formula is C15H15ClO6S. The minimum Gasteiger partial charge on any atom is -0.477 e. The molecule has 3 rings (SSSR count). The lowest BCUT2D eigenvalue weighted by Gasteiger charge is -2.34. The maximum absolute atomic E-state index is 11.6. The molecule has 0 aliphatic carbocycles. The van der Waals surface area contributed by atoms with E-state index < -0.39 is 29.4 Å². The van der Waals surface area contributed by atoms with E-state index in [2.05, 4.69) is 0 Å². The molecule has 124 valence electrons. The number of hydrogen-bond donors (Lipinski definition) is 3. The van der Waals surface area contributed by atoms with Gasteiger partial charge in [0.25, 0.3) is 0 Å². The zero-order chi connectivity index (χ0) is 16.7. The van der Waals surface area contributed by atoms with Crippen molar-refractivity contribution in [3.8, 4) is 5.75 Å². The maximum atomic E-state index is 11.6. The van der Waals surface area contributed by atoms with E-state index in [1.807, 2.05) is 0 Å². The summed E-state index contributed by atoms with van der Waals surface area (Å²) in [5.41, 5.74) is -0.411. The minimum atomic E-state index is -1.26. The molecule has 0 amide bonds. The number of aliphatic hydroxyl groups is 3. The summed E-state index contributed by atoms with van der Waals surface area (Å²) in [7, 11) is 0. The Bertz CT molecular complexity index is 791. The largest absolute Gasteiger partial charge is 0.477 e. The number of rotatable bonds is 2. The molecule has 0 saturated carbocycles. The fraction of sp³-hybridized carbons (Fsp3) is 0.400. The standard InChI is InChI=1S/C15H15ClO6S/c1-6-8-3-2-7(4-10(8)22-14(20)11(6)16)21-15-13(19)12(18)9(17)5-23-15/h2-4,9,12-13,15,17-19H,5H2,1H3/t9-,12+,13-,15+/m1/s1. The van der Waals surface area contributed by atoms with Crippen LogP contribution in [-0.2, 0) is 0 Å². The van der Waals surface area contributed by atoms with Gasteiger partial charge in [0.1, 0.15) is 28.6 Å².